The van der Waals surface area contributed by atoms with Gasteiger partial charge in [-0.3, -0.25) is 9.69 Å². The Balaban J connectivity index is 1.20. The first-order valence-corrected chi connectivity index (χ1v) is 14.3. The zero-order valence-electron chi connectivity index (χ0n) is 23.4. The number of amidine groups is 1. The van der Waals surface area contributed by atoms with Gasteiger partial charge in [0.05, 0.1) is 17.1 Å². The highest BCUT2D eigenvalue weighted by molar-refractivity contribution is 8.15. The van der Waals surface area contributed by atoms with Crippen LogP contribution in [0.15, 0.2) is 84.1 Å². The first-order chi connectivity index (χ1) is 21.0. The molecule has 1 atom stereocenters. The Bertz CT molecular complexity index is 1670. The molecule has 0 spiro atoms. The summed E-state index contributed by atoms with van der Waals surface area (Å²) in [5.41, 5.74) is 2.82. The molecule has 0 radical (unpaired) electrons. The van der Waals surface area contributed by atoms with E-state index in [0.717, 1.165) is 29.5 Å². The van der Waals surface area contributed by atoms with Crippen molar-refractivity contribution in [2.24, 2.45) is 4.99 Å². The molecule has 2 amide bonds. The Labute approximate surface area is 253 Å². The summed E-state index contributed by atoms with van der Waals surface area (Å²) in [4.78, 5) is 34.6. The van der Waals surface area contributed by atoms with Crippen molar-refractivity contribution in [3.05, 3.63) is 90.3 Å². The molecule has 1 aliphatic rings. The number of aliphatic imine (C=N–C) groups is 1. The molecular weight excluding hydrogens is 602 g/mol. The van der Waals surface area contributed by atoms with Gasteiger partial charge in [0.2, 0.25) is 5.91 Å². The van der Waals surface area contributed by atoms with Gasteiger partial charge >= 0.3 is 12.5 Å². The number of ether oxygens (including phenoxy) is 2. The highest BCUT2D eigenvalue weighted by atomic mass is 32.2. The summed E-state index contributed by atoms with van der Waals surface area (Å²) in [6.07, 6.45) is -6.06. The van der Waals surface area contributed by atoms with E-state index in [0.29, 0.717) is 22.8 Å². The topological polar surface area (TPSA) is 98.9 Å². The van der Waals surface area contributed by atoms with Crippen molar-refractivity contribution in [3.63, 3.8) is 0 Å². The predicted octanol–water partition coefficient (Wildman–Crippen LogP) is 7.24. The zero-order valence-corrected chi connectivity index (χ0v) is 24.2. The fourth-order valence-corrected chi connectivity index (χ4v) is 5.22. The Hall–Kier alpha value is -4.72. The van der Waals surface area contributed by atoms with E-state index >= 15 is 0 Å². The minimum absolute atomic E-state index is 0.118. The van der Waals surface area contributed by atoms with Crippen molar-refractivity contribution < 1.29 is 36.6 Å². The molecule has 1 fully saturated rings. The Morgan fingerprint density at radius 2 is 1.75 bits per heavy atom. The Morgan fingerprint density at radius 3 is 2.43 bits per heavy atom. The van der Waals surface area contributed by atoms with Crippen LogP contribution in [0.1, 0.15) is 37.1 Å². The lowest BCUT2D eigenvalue weighted by atomic mass is 10.0. The van der Waals surface area contributed by atoms with Crippen LogP contribution in [0.3, 0.4) is 0 Å². The third-order valence-corrected chi connectivity index (χ3v) is 7.39. The second kappa shape index (κ2) is 12.9. The number of nitrogens with zero attached hydrogens (tertiary/aromatic N) is 5. The van der Waals surface area contributed by atoms with E-state index in [1.165, 1.54) is 40.2 Å². The summed E-state index contributed by atoms with van der Waals surface area (Å²) < 4.78 is 62.4. The summed E-state index contributed by atoms with van der Waals surface area (Å²) in [5, 5.41) is 4.49. The van der Waals surface area contributed by atoms with Gasteiger partial charge in [-0.2, -0.15) is 4.99 Å². The number of amides is 2. The second-order valence-corrected chi connectivity index (χ2v) is 10.8. The predicted molar refractivity (Wildman–Crippen MR) is 157 cm³/mol. The van der Waals surface area contributed by atoms with E-state index in [-0.39, 0.29) is 34.1 Å². The SMILES string of the molecule is CC(C)c1ccccc1N1C(=O)CS/C1=N\C(=O)OCC(F)c1ccc(-c2ncn(-c3ccc(OC(F)(F)F)cc3)n2)cc1. The van der Waals surface area contributed by atoms with Crippen molar-refractivity contribution in [3.8, 4) is 22.8 Å². The van der Waals surface area contributed by atoms with Crippen LogP contribution < -0.4 is 9.64 Å². The smallest absolute Gasteiger partial charge is 0.444 e. The highest BCUT2D eigenvalue weighted by Gasteiger charge is 2.33. The van der Waals surface area contributed by atoms with Crippen molar-refractivity contribution in [2.45, 2.75) is 32.3 Å². The quantitative estimate of drug-likeness (QED) is 0.190. The van der Waals surface area contributed by atoms with Crippen LogP contribution in [0.25, 0.3) is 17.1 Å². The van der Waals surface area contributed by atoms with Gasteiger partial charge in [0.1, 0.15) is 18.7 Å². The molecule has 1 aromatic heterocycles. The van der Waals surface area contributed by atoms with Gasteiger partial charge in [-0.25, -0.2) is 18.9 Å². The van der Waals surface area contributed by atoms with Crippen molar-refractivity contribution in [1.82, 2.24) is 14.8 Å². The van der Waals surface area contributed by atoms with Gasteiger partial charge in [-0.05, 0) is 47.4 Å². The minimum Gasteiger partial charge on any atom is -0.444 e. The Kier molecular flexibility index (Phi) is 8.99. The maximum atomic E-state index is 14.9. The fraction of sp³-hybridized carbons (Fsp3) is 0.233. The van der Waals surface area contributed by atoms with E-state index in [1.54, 1.807) is 24.3 Å². The largest absolute Gasteiger partial charge is 0.573 e. The molecule has 0 saturated carbocycles. The van der Waals surface area contributed by atoms with Crippen molar-refractivity contribution >= 4 is 34.6 Å². The van der Waals surface area contributed by atoms with Crippen LogP contribution in [0.2, 0.25) is 0 Å². The second-order valence-electron chi connectivity index (χ2n) is 9.85. The number of hydrogen-bond donors (Lipinski definition) is 0. The van der Waals surface area contributed by atoms with E-state index in [9.17, 15) is 27.2 Å². The van der Waals surface area contributed by atoms with Crippen LogP contribution in [-0.4, -0.2) is 50.7 Å². The Morgan fingerprint density at radius 1 is 1.05 bits per heavy atom. The number of benzene rings is 3. The molecule has 1 aliphatic heterocycles. The number of thioether (sulfide) groups is 1. The molecule has 1 saturated heterocycles. The third-order valence-electron chi connectivity index (χ3n) is 6.46. The lowest BCUT2D eigenvalue weighted by molar-refractivity contribution is -0.274. The number of carbonyl (C=O) groups excluding carboxylic acids is 2. The third kappa shape index (κ3) is 7.25. The number of anilines is 1. The number of alkyl halides is 4. The van der Waals surface area contributed by atoms with Gasteiger partial charge in [-0.15, -0.1) is 18.3 Å². The van der Waals surface area contributed by atoms with Crippen molar-refractivity contribution in [1.29, 1.82) is 0 Å². The molecule has 3 aromatic carbocycles. The molecule has 9 nitrogen and oxygen atoms in total. The maximum absolute atomic E-state index is 14.9. The summed E-state index contributed by atoms with van der Waals surface area (Å²) in [6.45, 7) is 3.41. The molecule has 0 aliphatic carbocycles. The van der Waals surface area contributed by atoms with Gasteiger partial charge in [0.25, 0.3) is 0 Å². The molecule has 228 valence electrons. The summed E-state index contributed by atoms with van der Waals surface area (Å²) >= 11 is 1.11. The van der Waals surface area contributed by atoms with Crippen LogP contribution in [0.4, 0.5) is 28.0 Å². The normalized spacial score (nSPS) is 15.2. The van der Waals surface area contributed by atoms with Gasteiger partial charge in [0, 0.05) is 5.56 Å². The first kappa shape index (κ1) is 30.7. The zero-order chi connectivity index (χ0) is 31.4. The van der Waals surface area contributed by atoms with Crippen LogP contribution in [0, 0.1) is 0 Å². The summed E-state index contributed by atoms with van der Waals surface area (Å²) in [7, 11) is 0. The highest BCUT2D eigenvalue weighted by Crippen LogP contribution is 2.33. The molecule has 5 rings (SSSR count). The number of rotatable bonds is 8. The number of para-hydroxylation sites is 1. The lowest BCUT2D eigenvalue weighted by Gasteiger charge is -2.21. The molecule has 44 heavy (non-hydrogen) atoms. The van der Waals surface area contributed by atoms with Crippen LogP contribution >= 0.6 is 11.8 Å². The molecule has 2 heterocycles. The number of aromatic nitrogens is 3. The van der Waals surface area contributed by atoms with Gasteiger partial charge in [0.15, 0.2) is 17.2 Å². The summed E-state index contributed by atoms with van der Waals surface area (Å²) in [6, 6.07) is 18.7. The van der Waals surface area contributed by atoms with Crippen LogP contribution in [-0.2, 0) is 9.53 Å². The van der Waals surface area contributed by atoms with Gasteiger partial charge < -0.3 is 9.47 Å². The number of halogens is 4. The molecule has 14 heteroatoms. The van der Waals surface area contributed by atoms with E-state index in [2.05, 4.69) is 19.8 Å². The average molecular weight is 628 g/mol. The number of carbonyl (C=O) groups is 2. The molecule has 1 unspecified atom stereocenters. The molecule has 4 aromatic rings. The fourth-order valence-electron chi connectivity index (χ4n) is 4.37. The lowest BCUT2D eigenvalue weighted by Crippen LogP contribution is -2.31. The van der Waals surface area contributed by atoms with E-state index in [4.69, 9.17) is 4.74 Å². The number of hydrogen-bond acceptors (Lipinski definition) is 7. The monoisotopic (exact) mass is 627 g/mol. The maximum Gasteiger partial charge on any atom is 0.573 e. The molecular formula is C30H25F4N5O4S. The molecule has 0 bridgehead atoms. The standard InChI is InChI=1S/C30H25F4N5O4S/c1-18(2)23-5-3-4-6-25(23)39-26(40)16-44-28(39)36-29(41)42-15-24(31)19-7-9-20(10-8-19)27-35-17-38(37-27)21-11-13-22(14-12-21)43-30(32,33)34/h3-14,17-18,24H,15-16H2,1-2H3/b36-28-. The first-order valence-electron chi connectivity index (χ1n) is 13.3. The van der Waals surface area contributed by atoms with E-state index < -0.39 is 25.2 Å². The van der Waals surface area contributed by atoms with Crippen LogP contribution in [0.5, 0.6) is 5.75 Å². The average Bonchev–Trinajstić information content (AvgIpc) is 3.62. The van der Waals surface area contributed by atoms with Crippen molar-refractivity contribution in [2.75, 3.05) is 17.3 Å². The summed E-state index contributed by atoms with van der Waals surface area (Å²) in [5.74, 6) is -0.0289. The minimum atomic E-state index is -4.79. The van der Waals surface area contributed by atoms with Gasteiger partial charge in [-0.1, -0.05) is 68.1 Å². The molecule has 0 N–H and O–H groups in total. The van der Waals surface area contributed by atoms with E-state index in [1.807, 2.05) is 26.0 Å².